The zero-order valence-corrected chi connectivity index (χ0v) is 13.2. The van der Waals surface area contributed by atoms with E-state index in [4.69, 9.17) is 0 Å². The Morgan fingerprint density at radius 2 is 1.87 bits per heavy atom. The summed E-state index contributed by atoms with van der Waals surface area (Å²) in [6.07, 6.45) is 6.04. The molecule has 0 amide bonds. The third kappa shape index (κ3) is 2.82. The van der Waals surface area contributed by atoms with Gasteiger partial charge in [0.15, 0.2) is 0 Å². The first-order valence-corrected chi connectivity index (χ1v) is 7.96. The Labute approximate surface area is 135 Å². The standard InChI is InChI=1S/C18H19N5/c1-14-11-17(23-18(21-14)19-13-20-23)22-9-7-16(8-10-22)12-15-5-3-2-4-6-15/h2-6,11-13H,7-10H2,1H3. The number of piperidine rings is 1. The zero-order chi connectivity index (χ0) is 15.6. The van der Waals surface area contributed by atoms with Crippen LogP contribution in [0.25, 0.3) is 11.9 Å². The third-order valence-corrected chi connectivity index (χ3v) is 4.26. The van der Waals surface area contributed by atoms with E-state index in [1.807, 2.05) is 11.4 Å². The average Bonchev–Trinajstić information content (AvgIpc) is 3.04. The van der Waals surface area contributed by atoms with Gasteiger partial charge in [0.25, 0.3) is 5.78 Å². The second-order valence-corrected chi connectivity index (χ2v) is 5.93. The summed E-state index contributed by atoms with van der Waals surface area (Å²) in [6, 6.07) is 12.6. The van der Waals surface area contributed by atoms with Gasteiger partial charge in [0, 0.05) is 24.8 Å². The molecule has 2 aromatic heterocycles. The summed E-state index contributed by atoms with van der Waals surface area (Å²) in [5.41, 5.74) is 3.77. The molecule has 4 rings (SSSR count). The van der Waals surface area contributed by atoms with E-state index in [-0.39, 0.29) is 0 Å². The predicted octanol–water partition coefficient (Wildman–Crippen LogP) is 3.12. The molecule has 0 aliphatic carbocycles. The van der Waals surface area contributed by atoms with Crippen molar-refractivity contribution in [3.8, 4) is 0 Å². The summed E-state index contributed by atoms with van der Waals surface area (Å²) in [7, 11) is 0. The molecule has 0 spiro atoms. The Hall–Kier alpha value is -2.69. The number of fused-ring (bicyclic) bond motifs is 1. The fourth-order valence-corrected chi connectivity index (χ4v) is 3.09. The van der Waals surface area contributed by atoms with Crippen LogP contribution in [0.3, 0.4) is 0 Å². The highest BCUT2D eigenvalue weighted by Gasteiger charge is 2.18. The summed E-state index contributed by atoms with van der Waals surface area (Å²) < 4.78 is 1.83. The second kappa shape index (κ2) is 5.83. The van der Waals surface area contributed by atoms with Crippen molar-refractivity contribution in [2.24, 2.45) is 0 Å². The van der Waals surface area contributed by atoms with Crippen LogP contribution < -0.4 is 4.90 Å². The van der Waals surface area contributed by atoms with E-state index in [2.05, 4.69) is 62.4 Å². The van der Waals surface area contributed by atoms with E-state index in [0.29, 0.717) is 5.78 Å². The maximum absolute atomic E-state index is 4.41. The van der Waals surface area contributed by atoms with Crippen molar-refractivity contribution < 1.29 is 0 Å². The fraction of sp³-hybridized carbons (Fsp3) is 0.278. The Morgan fingerprint density at radius 1 is 1.09 bits per heavy atom. The molecule has 3 heterocycles. The molecule has 5 heteroatoms. The van der Waals surface area contributed by atoms with Gasteiger partial charge in [-0.25, -0.2) is 4.98 Å². The number of hydrogen-bond acceptors (Lipinski definition) is 4. The molecule has 0 saturated carbocycles. The summed E-state index contributed by atoms with van der Waals surface area (Å²) in [4.78, 5) is 11.0. The quantitative estimate of drug-likeness (QED) is 0.730. The van der Waals surface area contributed by atoms with Gasteiger partial charge in [0.2, 0.25) is 0 Å². The molecule has 0 radical (unpaired) electrons. The first kappa shape index (κ1) is 13.9. The molecule has 0 atom stereocenters. The Morgan fingerprint density at radius 3 is 2.65 bits per heavy atom. The molecular weight excluding hydrogens is 286 g/mol. The van der Waals surface area contributed by atoms with Crippen molar-refractivity contribution in [1.82, 2.24) is 19.6 Å². The molecule has 0 N–H and O–H groups in total. The number of hydrogen-bond donors (Lipinski definition) is 0. The first-order chi connectivity index (χ1) is 11.3. The van der Waals surface area contributed by atoms with Gasteiger partial charge in [-0.2, -0.15) is 14.6 Å². The van der Waals surface area contributed by atoms with Crippen LogP contribution in [0.1, 0.15) is 24.1 Å². The molecule has 116 valence electrons. The fourth-order valence-electron chi connectivity index (χ4n) is 3.09. The summed E-state index contributed by atoms with van der Waals surface area (Å²) in [6.45, 7) is 4.00. The lowest BCUT2D eigenvalue weighted by Crippen LogP contribution is -2.32. The van der Waals surface area contributed by atoms with Crippen LogP contribution in [-0.2, 0) is 0 Å². The maximum Gasteiger partial charge on any atom is 0.254 e. The highest BCUT2D eigenvalue weighted by Crippen LogP contribution is 2.24. The zero-order valence-electron chi connectivity index (χ0n) is 13.2. The lowest BCUT2D eigenvalue weighted by Gasteiger charge is -2.30. The summed E-state index contributed by atoms with van der Waals surface area (Å²) in [5, 5.41) is 4.31. The topological polar surface area (TPSA) is 46.3 Å². The van der Waals surface area contributed by atoms with Crippen molar-refractivity contribution in [2.75, 3.05) is 18.0 Å². The van der Waals surface area contributed by atoms with Gasteiger partial charge < -0.3 is 4.90 Å². The second-order valence-electron chi connectivity index (χ2n) is 5.93. The number of nitrogens with zero attached hydrogens (tertiary/aromatic N) is 5. The van der Waals surface area contributed by atoms with E-state index < -0.39 is 0 Å². The number of benzene rings is 1. The smallest absolute Gasteiger partial charge is 0.254 e. The maximum atomic E-state index is 4.41. The van der Waals surface area contributed by atoms with Crippen LogP contribution in [0.4, 0.5) is 5.82 Å². The van der Waals surface area contributed by atoms with Crippen LogP contribution in [-0.4, -0.2) is 32.7 Å². The van der Waals surface area contributed by atoms with Crippen LogP contribution in [0, 0.1) is 6.92 Å². The van der Waals surface area contributed by atoms with Gasteiger partial charge in [0.05, 0.1) is 0 Å². The van der Waals surface area contributed by atoms with E-state index in [9.17, 15) is 0 Å². The minimum atomic E-state index is 0.672. The molecule has 1 saturated heterocycles. The molecule has 0 unspecified atom stereocenters. The van der Waals surface area contributed by atoms with Crippen LogP contribution in [0.2, 0.25) is 0 Å². The molecular formula is C18H19N5. The van der Waals surface area contributed by atoms with Crippen molar-refractivity contribution in [2.45, 2.75) is 19.8 Å². The van der Waals surface area contributed by atoms with Crippen LogP contribution in [0.5, 0.6) is 0 Å². The lowest BCUT2D eigenvalue weighted by atomic mass is 10.0. The first-order valence-electron chi connectivity index (χ1n) is 7.96. The van der Waals surface area contributed by atoms with Gasteiger partial charge in [-0.15, -0.1) is 0 Å². The third-order valence-electron chi connectivity index (χ3n) is 4.26. The summed E-state index contributed by atoms with van der Waals surface area (Å²) >= 11 is 0. The average molecular weight is 305 g/mol. The molecule has 0 bridgehead atoms. The van der Waals surface area contributed by atoms with Gasteiger partial charge in [-0.05, 0) is 25.3 Å². The highest BCUT2D eigenvalue weighted by atomic mass is 15.4. The molecule has 1 aliphatic rings. The number of anilines is 1. The minimum absolute atomic E-state index is 0.672. The number of aryl methyl sites for hydroxylation is 1. The number of aromatic nitrogens is 4. The van der Waals surface area contributed by atoms with E-state index in [1.54, 1.807) is 6.33 Å². The molecule has 1 aromatic carbocycles. The van der Waals surface area contributed by atoms with Crippen molar-refractivity contribution in [3.05, 3.63) is 59.6 Å². The van der Waals surface area contributed by atoms with Crippen molar-refractivity contribution >= 4 is 17.7 Å². The van der Waals surface area contributed by atoms with Crippen LogP contribution >= 0.6 is 0 Å². The summed E-state index contributed by atoms with van der Waals surface area (Å²) in [5.74, 6) is 1.76. The van der Waals surface area contributed by atoms with Crippen LogP contribution in [0.15, 0.2) is 48.3 Å². The largest absolute Gasteiger partial charge is 0.356 e. The van der Waals surface area contributed by atoms with Gasteiger partial charge in [0.1, 0.15) is 12.1 Å². The molecule has 3 aromatic rings. The van der Waals surface area contributed by atoms with Crippen molar-refractivity contribution in [1.29, 1.82) is 0 Å². The van der Waals surface area contributed by atoms with Gasteiger partial charge >= 0.3 is 0 Å². The normalized spacial score (nSPS) is 15.2. The monoisotopic (exact) mass is 305 g/mol. The lowest BCUT2D eigenvalue weighted by molar-refractivity contribution is 0.668. The molecule has 1 aliphatic heterocycles. The van der Waals surface area contributed by atoms with E-state index in [1.165, 1.54) is 11.1 Å². The predicted molar refractivity (Wildman–Crippen MR) is 91.4 cm³/mol. The SMILES string of the molecule is Cc1cc(N2CCC(=Cc3ccccc3)CC2)n2ncnc2n1. The molecule has 5 nitrogen and oxygen atoms in total. The van der Waals surface area contributed by atoms with E-state index in [0.717, 1.165) is 37.4 Å². The Bertz CT molecular complexity index is 840. The Balaban J connectivity index is 1.55. The Kier molecular flexibility index (Phi) is 3.54. The van der Waals surface area contributed by atoms with Gasteiger partial charge in [-0.3, -0.25) is 0 Å². The van der Waals surface area contributed by atoms with Crippen molar-refractivity contribution in [3.63, 3.8) is 0 Å². The number of rotatable bonds is 2. The van der Waals surface area contributed by atoms with Gasteiger partial charge in [-0.1, -0.05) is 42.0 Å². The highest BCUT2D eigenvalue weighted by molar-refractivity contribution is 5.55. The molecule has 23 heavy (non-hydrogen) atoms. The molecule has 1 fully saturated rings. The minimum Gasteiger partial charge on any atom is -0.356 e. The van der Waals surface area contributed by atoms with E-state index >= 15 is 0 Å².